The molecule has 0 aromatic carbocycles. The predicted octanol–water partition coefficient (Wildman–Crippen LogP) is -5.75. The van der Waals surface area contributed by atoms with Crippen molar-refractivity contribution in [1.29, 1.82) is 0 Å². The molecule has 0 bridgehead atoms. The Morgan fingerprint density at radius 1 is 0.784 bits per heavy atom. The van der Waals surface area contributed by atoms with Gasteiger partial charge >= 0.3 is 19.2 Å². The van der Waals surface area contributed by atoms with Crippen LogP contribution < -0.4 is 22.5 Å². The SMILES string of the molecule is O=c1cnn(C2OC(COP(=O)(O)OCC3OC(n4ncc(=O)[nH]c4=O)C(O)C3O)C(O)C2O)c(=O)[nH]1. The molecular formula is C16H21N6O14P. The highest BCUT2D eigenvalue weighted by molar-refractivity contribution is 7.47. The van der Waals surface area contributed by atoms with Crippen molar-refractivity contribution in [3.05, 3.63) is 54.1 Å². The Kier molecular flexibility index (Phi) is 7.67. The highest BCUT2D eigenvalue weighted by Gasteiger charge is 2.47. The molecule has 4 heterocycles. The van der Waals surface area contributed by atoms with Gasteiger partial charge in [-0.3, -0.25) is 28.6 Å². The average Bonchev–Trinajstić information content (AvgIpc) is 3.27. The number of aliphatic hydroxyl groups is 4. The van der Waals surface area contributed by atoms with Crippen molar-refractivity contribution in [3.63, 3.8) is 0 Å². The first-order valence-corrected chi connectivity index (χ1v) is 11.9. The molecule has 8 atom stereocenters. The Labute approximate surface area is 202 Å². The van der Waals surface area contributed by atoms with Crippen LogP contribution >= 0.6 is 7.82 Å². The van der Waals surface area contributed by atoms with Crippen LogP contribution in [0.15, 0.2) is 31.6 Å². The number of nitrogens with one attached hydrogen (secondary N) is 2. The maximum absolute atomic E-state index is 12.3. The molecule has 20 nitrogen and oxygen atoms in total. The van der Waals surface area contributed by atoms with Gasteiger partial charge in [0, 0.05) is 0 Å². The Hall–Kier alpha value is -2.91. The average molecular weight is 552 g/mol. The smallest absolute Gasteiger partial charge is 0.387 e. The molecule has 0 saturated carbocycles. The Bertz CT molecular complexity index is 1300. The minimum Gasteiger partial charge on any atom is -0.387 e. The minimum atomic E-state index is -4.91. The Morgan fingerprint density at radius 2 is 1.16 bits per heavy atom. The molecule has 0 aliphatic carbocycles. The molecule has 8 unspecified atom stereocenters. The van der Waals surface area contributed by atoms with E-state index >= 15 is 0 Å². The zero-order chi connectivity index (χ0) is 27.1. The van der Waals surface area contributed by atoms with Crippen LogP contribution in [-0.4, -0.2) is 105 Å². The fourth-order valence-corrected chi connectivity index (χ4v) is 4.34. The number of aromatic amines is 2. The minimum absolute atomic E-state index is 0.549. The van der Waals surface area contributed by atoms with Crippen molar-refractivity contribution in [2.45, 2.75) is 49.1 Å². The molecule has 2 aliphatic rings. The third-order valence-electron chi connectivity index (χ3n) is 5.44. The van der Waals surface area contributed by atoms with Gasteiger partial charge in [-0.05, 0) is 0 Å². The highest BCUT2D eigenvalue weighted by atomic mass is 31.2. The summed E-state index contributed by atoms with van der Waals surface area (Å²) in [6.45, 7) is -1.65. The number of nitrogens with zero attached hydrogens (tertiary/aromatic N) is 4. The molecule has 2 fully saturated rings. The Morgan fingerprint density at radius 3 is 1.51 bits per heavy atom. The van der Waals surface area contributed by atoms with Crippen LogP contribution in [0.4, 0.5) is 0 Å². The van der Waals surface area contributed by atoms with Crippen molar-refractivity contribution < 1.29 is 48.4 Å². The van der Waals surface area contributed by atoms with Crippen LogP contribution in [0.3, 0.4) is 0 Å². The first-order chi connectivity index (χ1) is 17.4. The van der Waals surface area contributed by atoms with E-state index in [2.05, 4.69) is 10.2 Å². The molecule has 0 amide bonds. The summed E-state index contributed by atoms with van der Waals surface area (Å²) in [6.07, 6.45) is -11.4. The normalized spacial score (nSPS) is 33.4. The third kappa shape index (κ3) is 5.67. The summed E-state index contributed by atoms with van der Waals surface area (Å²) in [5.74, 6) is 0. The van der Waals surface area contributed by atoms with Crippen LogP contribution in [-0.2, 0) is 23.1 Å². The van der Waals surface area contributed by atoms with E-state index in [-0.39, 0.29) is 0 Å². The van der Waals surface area contributed by atoms with Crippen LogP contribution in [0, 0.1) is 0 Å². The zero-order valence-electron chi connectivity index (χ0n) is 18.3. The number of rotatable bonds is 8. The van der Waals surface area contributed by atoms with Gasteiger partial charge in [-0.2, -0.15) is 19.6 Å². The van der Waals surface area contributed by atoms with Crippen LogP contribution in [0.25, 0.3) is 0 Å². The molecule has 4 rings (SSSR count). The lowest BCUT2D eigenvalue weighted by Gasteiger charge is -2.19. The second-order valence-electron chi connectivity index (χ2n) is 7.92. The standard InChI is InChI=1S/C16H21N6O14P/c23-7-1-17-21(15(29)19-7)13-11(27)9(25)5(35-13)3-33-37(31,32)34-4-6-10(26)12(28)14(36-6)22-16(30)20-8(24)2-18-22/h1-2,5-6,9-14,25-28H,3-4H2,(H,31,32)(H,19,23,29)(H,20,24,30). The number of phosphoric ester groups is 1. The summed E-state index contributed by atoms with van der Waals surface area (Å²) < 4.78 is 33.5. The van der Waals surface area contributed by atoms with Gasteiger partial charge in [0.25, 0.3) is 11.1 Å². The molecule has 7 N–H and O–H groups in total. The van der Waals surface area contributed by atoms with Crippen molar-refractivity contribution in [3.8, 4) is 0 Å². The molecule has 2 saturated heterocycles. The van der Waals surface area contributed by atoms with Crippen molar-refractivity contribution in [2.24, 2.45) is 0 Å². The molecule has 2 aromatic rings. The molecular weight excluding hydrogens is 531 g/mol. The van der Waals surface area contributed by atoms with Crippen LogP contribution in [0.2, 0.25) is 0 Å². The van der Waals surface area contributed by atoms with Gasteiger partial charge < -0.3 is 34.8 Å². The number of hydrogen-bond donors (Lipinski definition) is 7. The molecule has 204 valence electrons. The summed E-state index contributed by atoms with van der Waals surface area (Å²) in [4.78, 5) is 59.7. The lowest BCUT2D eigenvalue weighted by molar-refractivity contribution is -0.0698. The molecule has 2 aromatic heterocycles. The molecule has 21 heteroatoms. The monoisotopic (exact) mass is 552 g/mol. The van der Waals surface area contributed by atoms with Gasteiger partial charge in [-0.25, -0.2) is 14.2 Å². The van der Waals surface area contributed by atoms with Gasteiger partial charge in [0.2, 0.25) is 0 Å². The quantitative estimate of drug-likeness (QED) is 0.150. The number of aromatic nitrogens is 6. The number of phosphoric acid groups is 1. The maximum atomic E-state index is 12.3. The van der Waals surface area contributed by atoms with Gasteiger partial charge in [-0.1, -0.05) is 0 Å². The second kappa shape index (κ2) is 10.5. The molecule has 2 aliphatic heterocycles. The van der Waals surface area contributed by atoms with E-state index in [1.54, 1.807) is 0 Å². The van der Waals surface area contributed by atoms with Crippen LogP contribution in [0.1, 0.15) is 12.5 Å². The first-order valence-electron chi connectivity index (χ1n) is 10.4. The van der Waals surface area contributed by atoms with Gasteiger partial charge in [0.05, 0.1) is 13.2 Å². The Balaban J connectivity index is 1.34. The van der Waals surface area contributed by atoms with E-state index in [4.69, 9.17) is 18.5 Å². The van der Waals surface area contributed by atoms with Crippen LogP contribution in [0.5, 0.6) is 0 Å². The lowest BCUT2D eigenvalue weighted by Crippen LogP contribution is -2.39. The van der Waals surface area contributed by atoms with Crippen molar-refractivity contribution in [1.82, 2.24) is 29.5 Å². The fraction of sp³-hybridized carbons (Fsp3) is 0.625. The zero-order valence-corrected chi connectivity index (χ0v) is 19.2. The summed E-state index contributed by atoms with van der Waals surface area (Å²) in [6, 6.07) is 0. The van der Waals surface area contributed by atoms with Crippen molar-refractivity contribution >= 4 is 7.82 Å². The summed E-state index contributed by atoms with van der Waals surface area (Å²) in [5.41, 5.74) is -3.72. The molecule has 0 radical (unpaired) electrons. The second-order valence-corrected chi connectivity index (χ2v) is 9.37. The van der Waals surface area contributed by atoms with Gasteiger partial charge in [-0.15, -0.1) is 0 Å². The molecule has 0 spiro atoms. The van der Waals surface area contributed by atoms with Gasteiger partial charge in [0.1, 0.15) is 49.0 Å². The highest BCUT2D eigenvalue weighted by Crippen LogP contribution is 2.45. The number of aliphatic hydroxyl groups excluding tert-OH is 4. The number of H-pyrrole nitrogens is 2. The van der Waals surface area contributed by atoms with E-state index in [0.717, 1.165) is 12.4 Å². The number of hydrogen-bond acceptors (Lipinski definition) is 15. The largest absolute Gasteiger partial charge is 0.472 e. The topological polar surface area (TPSA) is 291 Å². The van der Waals surface area contributed by atoms with E-state index in [0.29, 0.717) is 9.36 Å². The summed E-state index contributed by atoms with van der Waals surface area (Å²) in [5, 5.41) is 47.6. The summed E-state index contributed by atoms with van der Waals surface area (Å²) in [7, 11) is -4.91. The van der Waals surface area contributed by atoms with E-state index < -0.39 is 92.6 Å². The number of ether oxygens (including phenoxy) is 2. The fourth-order valence-electron chi connectivity index (χ4n) is 3.60. The third-order valence-corrected chi connectivity index (χ3v) is 6.39. The first kappa shape index (κ1) is 27.1. The summed E-state index contributed by atoms with van der Waals surface area (Å²) >= 11 is 0. The lowest BCUT2D eigenvalue weighted by atomic mass is 10.1. The maximum Gasteiger partial charge on any atom is 0.472 e. The van der Waals surface area contributed by atoms with E-state index in [9.17, 15) is 49.1 Å². The predicted molar refractivity (Wildman–Crippen MR) is 112 cm³/mol. The van der Waals surface area contributed by atoms with Crippen molar-refractivity contribution in [2.75, 3.05) is 13.2 Å². The van der Waals surface area contributed by atoms with E-state index in [1.807, 2.05) is 9.97 Å². The van der Waals surface area contributed by atoms with E-state index in [1.165, 1.54) is 0 Å². The van der Waals surface area contributed by atoms with Gasteiger partial charge in [0.15, 0.2) is 12.5 Å². The molecule has 37 heavy (non-hydrogen) atoms.